The number of hydrogen-bond donors (Lipinski definition) is 1. The van der Waals surface area contributed by atoms with Crippen molar-refractivity contribution in [1.29, 1.82) is 0 Å². The van der Waals surface area contributed by atoms with Gasteiger partial charge >= 0.3 is 0 Å². The molecule has 0 bridgehead atoms. The summed E-state index contributed by atoms with van der Waals surface area (Å²) in [7, 11) is 0. The lowest BCUT2D eigenvalue weighted by Crippen LogP contribution is -2.37. The molecule has 1 aromatic rings. The molecule has 1 fully saturated rings. The Morgan fingerprint density at radius 2 is 2.17 bits per heavy atom. The van der Waals surface area contributed by atoms with E-state index in [1.54, 1.807) is 0 Å². The lowest BCUT2D eigenvalue weighted by Gasteiger charge is -2.28. The van der Waals surface area contributed by atoms with Gasteiger partial charge < -0.3 is 10.1 Å². The zero-order valence-electron chi connectivity index (χ0n) is 11.5. The summed E-state index contributed by atoms with van der Waals surface area (Å²) in [6.07, 6.45) is 5.43. The van der Waals surface area contributed by atoms with Gasteiger partial charge in [0.1, 0.15) is 0 Å². The van der Waals surface area contributed by atoms with Crippen molar-refractivity contribution in [2.45, 2.75) is 39.2 Å². The van der Waals surface area contributed by atoms with Crippen molar-refractivity contribution in [2.75, 3.05) is 19.8 Å². The number of nitrogens with zero attached hydrogens (tertiary/aromatic N) is 1. The second kappa shape index (κ2) is 6.86. The quantitative estimate of drug-likeness (QED) is 0.868. The molecule has 2 heterocycles. The number of aromatic nitrogens is 1. The summed E-state index contributed by atoms with van der Waals surface area (Å²) in [5.74, 6) is 0.773. The molecule has 0 aliphatic carbocycles. The van der Waals surface area contributed by atoms with E-state index in [4.69, 9.17) is 4.74 Å². The van der Waals surface area contributed by atoms with E-state index in [1.165, 1.54) is 18.4 Å². The van der Waals surface area contributed by atoms with E-state index in [0.29, 0.717) is 6.04 Å². The first-order valence-electron chi connectivity index (χ1n) is 6.98. The molecule has 1 aliphatic heterocycles. The average Bonchev–Trinajstić information content (AvgIpc) is 2.42. The molecule has 0 aromatic carbocycles. The van der Waals surface area contributed by atoms with Crippen molar-refractivity contribution < 1.29 is 4.74 Å². The zero-order chi connectivity index (χ0) is 12.8. The van der Waals surface area contributed by atoms with E-state index >= 15 is 0 Å². The van der Waals surface area contributed by atoms with E-state index in [2.05, 4.69) is 29.4 Å². The highest BCUT2D eigenvalue weighted by atomic mass is 16.5. The molecule has 3 nitrogen and oxygen atoms in total. The van der Waals surface area contributed by atoms with Crippen molar-refractivity contribution in [3.05, 3.63) is 29.6 Å². The summed E-state index contributed by atoms with van der Waals surface area (Å²) in [5, 5.41) is 3.63. The second-order valence-electron chi connectivity index (χ2n) is 5.25. The van der Waals surface area contributed by atoms with Crippen LogP contribution in [0.1, 0.15) is 31.0 Å². The van der Waals surface area contributed by atoms with Gasteiger partial charge in [-0.05, 0) is 57.2 Å². The third kappa shape index (κ3) is 4.07. The van der Waals surface area contributed by atoms with Crippen LogP contribution in [0.2, 0.25) is 0 Å². The van der Waals surface area contributed by atoms with E-state index < -0.39 is 0 Å². The maximum Gasteiger partial charge on any atom is 0.0469 e. The van der Waals surface area contributed by atoms with Crippen LogP contribution < -0.4 is 5.32 Å². The third-order valence-electron chi connectivity index (χ3n) is 3.83. The third-order valence-corrected chi connectivity index (χ3v) is 3.83. The molecular weight excluding hydrogens is 224 g/mol. The number of aryl methyl sites for hydroxylation is 1. The van der Waals surface area contributed by atoms with Crippen molar-refractivity contribution in [1.82, 2.24) is 10.3 Å². The highest BCUT2D eigenvalue weighted by molar-refractivity contribution is 5.13. The molecule has 1 aromatic heterocycles. The van der Waals surface area contributed by atoms with Gasteiger partial charge in [0.05, 0.1) is 0 Å². The van der Waals surface area contributed by atoms with Crippen LogP contribution in [0.15, 0.2) is 18.3 Å². The van der Waals surface area contributed by atoms with Gasteiger partial charge in [0.25, 0.3) is 0 Å². The summed E-state index contributed by atoms with van der Waals surface area (Å²) >= 11 is 0. The maximum absolute atomic E-state index is 5.40. The van der Waals surface area contributed by atoms with E-state index in [0.717, 1.165) is 37.8 Å². The summed E-state index contributed by atoms with van der Waals surface area (Å²) in [6, 6.07) is 4.84. The van der Waals surface area contributed by atoms with Crippen LogP contribution in [0, 0.1) is 12.8 Å². The number of hydrogen-bond acceptors (Lipinski definition) is 3. The van der Waals surface area contributed by atoms with Crippen molar-refractivity contribution in [3.8, 4) is 0 Å². The predicted molar refractivity (Wildman–Crippen MR) is 73.7 cm³/mol. The summed E-state index contributed by atoms with van der Waals surface area (Å²) in [5.41, 5.74) is 2.40. The molecule has 0 radical (unpaired) electrons. The Bertz CT molecular complexity index is 344. The number of nitrogens with one attached hydrogen (secondary N) is 1. The largest absolute Gasteiger partial charge is 0.381 e. The second-order valence-corrected chi connectivity index (χ2v) is 5.25. The fraction of sp³-hybridized carbons (Fsp3) is 0.667. The Labute approximate surface area is 110 Å². The minimum absolute atomic E-state index is 0.590. The molecule has 1 aliphatic rings. The predicted octanol–water partition coefficient (Wildman–Crippen LogP) is 2.34. The Kier molecular flexibility index (Phi) is 5.14. The zero-order valence-corrected chi connectivity index (χ0v) is 11.5. The molecule has 1 N–H and O–H groups in total. The van der Waals surface area contributed by atoms with Crippen LogP contribution in [-0.4, -0.2) is 30.8 Å². The Morgan fingerprint density at radius 3 is 2.83 bits per heavy atom. The molecular formula is C15H24N2O. The van der Waals surface area contributed by atoms with Crippen LogP contribution in [0.25, 0.3) is 0 Å². The Morgan fingerprint density at radius 1 is 1.39 bits per heavy atom. The average molecular weight is 248 g/mol. The van der Waals surface area contributed by atoms with Crippen molar-refractivity contribution in [3.63, 3.8) is 0 Å². The topological polar surface area (TPSA) is 34.1 Å². The van der Waals surface area contributed by atoms with Gasteiger partial charge in [-0.3, -0.25) is 4.98 Å². The molecule has 2 rings (SSSR count). The maximum atomic E-state index is 5.40. The molecule has 0 spiro atoms. The van der Waals surface area contributed by atoms with Gasteiger partial charge in [0.2, 0.25) is 0 Å². The summed E-state index contributed by atoms with van der Waals surface area (Å²) < 4.78 is 5.40. The molecule has 1 saturated heterocycles. The van der Waals surface area contributed by atoms with Crippen LogP contribution >= 0.6 is 0 Å². The first-order valence-corrected chi connectivity index (χ1v) is 6.98. The SMILES string of the molecule is Cc1ccc(CCN[C@@H](C)C2CCOCC2)cn1. The van der Waals surface area contributed by atoms with Gasteiger partial charge in [0, 0.05) is 31.1 Å². The van der Waals surface area contributed by atoms with E-state index in [-0.39, 0.29) is 0 Å². The fourth-order valence-corrected chi connectivity index (χ4v) is 2.47. The minimum Gasteiger partial charge on any atom is -0.381 e. The molecule has 3 heteroatoms. The number of ether oxygens (including phenoxy) is 1. The van der Waals surface area contributed by atoms with Crippen LogP contribution in [0.5, 0.6) is 0 Å². The molecule has 0 saturated carbocycles. The number of rotatable bonds is 5. The first-order chi connectivity index (χ1) is 8.75. The van der Waals surface area contributed by atoms with Gasteiger partial charge in [-0.2, -0.15) is 0 Å². The van der Waals surface area contributed by atoms with Gasteiger partial charge in [-0.15, -0.1) is 0 Å². The Hall–Kier alpha value is -0.930. The monoisotopic (exact) mass is 248 g/mol. The molecule has 0 unspecified atom stereocenters. The normalized spacial score (nSPS) is 18.8. The van der Waals surface area contributed by atoms with Crippen molar-refractivity contribution in [2.24, 2.45) is 5.92 Å². The Balaban J connectivity index is 1.69. The number of pyridine rings is 1. The molecule has 0 amide bonds. The summed E-state index contributed by atoms with van der Waals surface area (Å²) in [6.45, 7) is 7.21. The lowest BCUT2D eigenvalue weighted by molar-refractivity contribution is 0.0561. The fourth-order valence-electron chi connectivity index (χ4n) is 2.47. The van der Waals surface area contributed by atoms with Crippen molar-refractivity contribution >= 4 is 0 Å². The highest BCUT2D eigenvalue weighted by Gasteiger charge is 2.19. The lowest BCUT2D eigenvalue weighted by atomic mass is 9.93. The van der Waals surface area contributed by atoms with Gasteiger partial charge in [0.15, 0.2) is 0 Å². The molecule has 1 atom stereocenters. The molecule has 18 heavy (non-hydrogen) atoms. The van der Waals surface area contributed by atoms with E-state index in [9.17, 15) is 0 Å². The van der Waals surface area contributed by atoms with Crippen LogP contribution in [0.4, 0.5) is 0 Å². The standard InChI is InChI=1S/C15H24N2O/c1-12-3-4-14(11-17-12)5-8-16-13(2)15-6-9-18-10-7-15/h3-4,11,13,15-16H,5-10H2,1-2H3/t13-/m0/s1. The van der Waals surface area contributed by atoms with E-state index in [1.807, 2.05) is 13.1 Å². The minimum atomic E-state index is 0.590. The highest BCUT2D eigenvalue weighted by Crippen LogP contribution is 2.18. The smallest absolute Gasteiger partial charge is 0.0469 e. The first kappa shape index (κ1) is 13.5. The van der Waals surface area contributed by atoms with Gasteiger partial charge in [-0.25, -0.2) is 0 Å². The van der Waals surface area contributed by atoms with Crippen LogP contribution in [0.3, 0.4) is 0 Å². The molecule has 100 valence electrons. The summed E-state index contributed by atoms with van der Waals surface area (Å²) in [4.78, 5) is 4.32. The van der Waals surface area contributed by atoms with Crippen LogP contribution in [-0.2, 0) is 11.2 Å². The van der Waals surface area contributed by atoms with Gasteiger partial charge in [-0.1, -0.05) is 6.07 Å².